The van der Waals surface area contributed by atoms with E-state index in [1.165, 1.54) is 0 Å². The molecule has 0 aromatic carbocycles. The van der Waals surface area contributed by atoms with Gasteiger partial charge in [0.2, 0.25) is 0 Å². The van der Waals surface area contributed by atoms with Crippen LogP contribution in [0.25, 0.3) is 0 Å². The summed E-state index contributed by atoms with van der Waals surface area (Å²) in [5, 5.41) is 0. The lowest BCUT2D eigenvalue weighted by Gasteiger charge is -2.19. The number of ether oxygens (including phenoxy) is 2. The summed E-state index contributed by atoms with van der Waals surface area (Å²) in [6.07, 6.45) is 6.65. The van der Waals surface area contributed by atoms with E-state index in [-0.39, 0.29) is 11.9 Å². The number of carbonyl (C=O) groups is 1. The zero-order valence-electron chi connectivity index (χ0n) is 7.99. The molecule has 1 saturated heterocycles. The predicted octanol–water partition coefficient (Wildman–Crippen LogP) is 1.53. The molecule has 0 N–H and O–H groups in total. The van der Waals surface area contributed by atoms with Crippen LogP contribution < -0.4 is 0 Å². The third kappa shape index (κ3) is 3.59. The van der Waals surface area contributed by atoms with Crippen LogP contribution in [0.4, 0.5) is 0 Å². The maximum atomic E-state index is 11.2. The smallest absolute Gasteiger partial charge is 0.309 e. The zero-order chi connectivity index (χ0) is 9.52. The van der Waals surface area contributed by atoms with Crippen LogP contribution in [-0.2, 0) is 14.3 Å². The lowest BCUT2D eigenvalue weighted by atomic mass is 9.98. The maximum Gasteiger partial charge on any atom is 0.309 e. The third-order valence-electron chi connectivity index (χ3n) is 2.12. The number of methoxy groups -OCH3 is 1. The molecule has 0 bridgehead atoms. The topological polar surface area (TPSA) is 35.5 Å². The Bertz CT molecular complexity index is 187. The zero-order valence-corrected chi connectivity index (χ0v) is 7.99. The second-order valence-electron chi connectivity index (χ2n) is 3.17. The summed E-state index contributed by atoms with van der Waals surface area (Å²) < 4.78 is 9.80. The molecule has 0 aromatic heterocycles. The van der Waals surface area contributed by atoms with Crippen LogP contribution in [-0.4, -0.2) is 26.3 Å². The molecule has 74 valence electrons. The van der Waals surface area contributed by atoms with Crippen molar-refractivity contribution < 1.29 is 14.3 Å². The first kappa shape index (κ1) is 10.3. The summed E-state index contributed by atoms with van der Waals surface area (Å²) in [5.41, 5.74) is 0. The van der Waals surface area contributed by atoms with Crippen molar-refractivity contribution in [3.63, 3.8) is 0 Å². The third-order valence-corrected chi connectivity index (χ3v) is 2.12. The Morgan fingerprint density at radius 2 is 2.46 bits per heavy atom. The molecule has 1 aliphatic rings. The lowest BCUT2D eigenvalue weighted by Crippen LogP contribution is -2.23. The van der Waals surface area contributed by atoms with Gasteiger partial charge < -0.3 is 9.47 Å². The fraction of sp³-hybridized carbons (Fsp3) is 0.700. The maximum absolute atomic E-state index is 11.2. The average Bonchev–Trinajstić information content (AvgIpc) is 2.15. The van der Waals surface area contributed by atoms with Crippen molar-refractivity contribution in [1.29, 1.82) is 0 Å². The Morgan fingerprint density at radius 1 is 1.62 bits per heavy atom. The number of carbonyl (C=O) groups excluding carboxylic acids is 1. The van der Waals surface area contributed by atoms with Gasteiger partial charge >= 0.3 is 5.97 Å². The first-order chi connectivity index (χ1) is 6.34. The summed E-state index contributed by atoms with van der Waals surface area (Å²) in [6.45, 7) is 1.21. The summed E-state index contributed by atoms with van der Waals surface area (Å²) in [6, 6.07) is 0. The highest BCUT2D eigenvalue weighted by Crippen LogP contribution is 2.18. The van der Waals surface area contributed by atoms with Crippen LogP contribution in [0.1, 0.15) is 19.3 Å². The Labute approximate surface area is 78.7 Å². The number of hydrogen-bond acceptors (Lipinski definition) is 3. The molecule has 1 aliphatic heterocycles. The minimum atomic E-state index is -0.0479. The van der Waals surface area contributed by atoms with Crippen LogP contribution in [0.3, 0.4) is 0 Å². The van der Waals surface area contributed by atoms with E-state index in [1.54, 1.807) is 7.11 Å². The Morgan fingerprint density at radius 3 is 3.15 bits per heavy atom. The van der Waals surface area contributed by atoms with Gasteiger partial charge in [-0.1, -0.05) is 12.2 Å². The van der Waals surface area contributed by atoms with Crippen molar-refractivity contribution in [1.82, 2.24) is 0 Å². The van der Waals surface area contributed by atoms with Gasteiger partial charge in [-0.3, -0.25) is 4.79 Å². The van der Waals surface area contributed by atoms with E-state index in [4.69, 9.17) is 9.47 Å². The number of rotatable bonds is 4. The summed E-state index contributed by atoms with van der Waals surface area (Å²) in [5.74, 6) is 0.0233. The summed E-state index contributed by atoms with van der Waals surface area (Å²) in [7, 11) is 1.65. The molecule has 3 nitrogen and oxygen atoms in total. The van der Waals surface area contributed by atoms with Gasteiger partial charge in [-0.15, -0.1) is 0 Å². The van der Waals surface area contributed by atoms with E-state index in [0.29, 0.717) is 13.2 Å². The van der Waals surface area contributed by atoms with E-state index in [0.717, 1.165) is 19.3 Å². The van der Waals surface area contributed by atoms with Crippen LogP contribution in [0.2, 0.25) is 0 Å². The van der Waals surface area contributed by atoms with Gasteiger partial charge in [0, 0.05) is 7.11 Å². The largest absolute Gasteiger partial charge is 0.465 e. The molecule has 0 aromatic rings. The Hall–Kier alpha value is -0.830. The van der Waals surface area contributed by atoms with Gasteiger partial charge in [0.25, 0.3) is 0 Å². The minimum Gasteiger partial charge on any atom is -0.465 e. The quantitative estimate of drug-likeness (QED) is 0.491. The molecule has 0 saturated carbocycles. The molecule has 1 heterocycles. The van der Waals surface area contributed by atoms with Gasteiger partial charge in [-0.25, -0.2) is 0 Å². The van der Waals surface area contributed by atoms with Crippen molar-refractivity contribution in [3.05, 3.63) is 12.2 Å². The van der Waals surface area contributed by atoms with Crippen LogP contribution in [0, 0.1) is 5.92 Å². The molecular weight excluding hydrogens is 168 g/mol. The monoisotopic (exact) mass is 184 g/mol. The normalized spacial score (nSPS) is 23.5. The number of hydrogen-bond donors (Lipinski definition) is 0. The van der Waals surface area contributed by atoms with Gasteiger partial charge in [-0.2, -0.15) is 0 Å². The van der Waals surface area contributed by atoms with E-state index in [9.17, 15) is 4.79 Å². The first-order valence-corrected chi connectivity index (χ1v) is 4.65. The highest BCUT2D eigenvalue weighted by molar-refractivity contribution is 5.73. The molecule has 0 aliphatic carbocycles. The van der Waals surface area contributed by atoms with Gasteiger partial charge in [-0.05, 0) is 19.3 Å². The molecule has 0 amide bonds. The van der Waals surface area contributed by atoms with Gasteiger partial charge in [0.05, 0.1) is 19.1 Å². The highest BCUT2D eigenvalue weighted by atomic mass is 16.5. The molecule has 3 heteroatoms. The molecule has 1 unspecified atom stereocenters. The molecule has 13 heavy (non-hydrogen) atoms. The van der Waals surface area contributed by atoms with E-state index in [2.05, 4.69) is 0 Å². The van der Waals surface area contributed by atoms with E-state index >= 15 is 0 Å². The number of esters is 1. The SMILES string of the molecule is COC/C=C\CC1CCCOC1=O. The van der Waals surface area contributed by atoms with E-state index < -0.39 is 0 Å². The lowest BCUT2D eigenvalue weighted by molar-refractivity contribution is -0.152. The average molecular weight is 184 g/mol. The molecule has 1 rings (SSSR count). The molecule has 0 radical (unpaired) electrons. The summed E-state index contributed by atoms with van der Waals surface area (Å²) in [4.78, 5) is 11.2. The molecule has 1 atom stereocenters. The number of cyclic esters (lactones) is 1. The second kappa shape index (κ2) is 5.75. The van der Waals surface area contributed by atoms with Crippen molar-refractivity contribution in [2.24, 2.45) is 5.92 Å². The highest BCUT2D eigenvalue weighted by Gasteiger charge is 2.22. The van der Waals surface area contributed by atoms with Crippen molar-refractivity contribution in [3.8, 4) is 0 Å². The van der Waals surface area contributed by atoms with Crippen molar-refractivity contribution in [2.45, 2.75) is 19.3 Å². The fourth-order valence-corrected chi connectivity index (χ4v) is 1.38. The fourth-order valence-electron chi connectivity index (χ4n) is 1.38. The first-order valence-electron chi connectivity index (χ1n) is 4.65. The molecular formula is C10H16O3. The van der Waals surface area contributed by atoms with Crippen LogP contribution in [0.15, 0.2) is 12.2 Å². The molecule has 1 fully saturated rings. The summed E-state index contributed by atoms with van der Waals surface area (Å²) >= 11 is 0. The van der Waals surface area contributed by atoms with Crippen LogP contribution >= 0.6 is 0 Å². The minimum absolute atomic E-state index is 0.0479. The Balaban J connectivity index is 2.22. The number of allylic oxidation sites excluding steroid dienone is 1. The second-order valence-corrected chi connectivity index (χ2v) is 3.17. The molecule has 0 spiro atoms. The Kier molecular flexibility index (Phi) is 4.54. The van der Waals surface area contributed by atoms with Crippen LogP contribution in [0.5, 0.6) is 0 Å². The van der Waals surface area contributed by atoms with Gasteiger partial charge in [0.15, 0.2) is 0 Å². The van der Waals surface area contributed by atoms with Gasteiger partial charge in [0.1, 0.15) is 0 Å². The van der Waals surface area contributed by atoms with Crippen molar-refractivity contribution >= 4 is 5.97 Å². The predicted molar refractivity (Wildman–Crippen MR) is 49.3 cm³/mol. The standard InChI is InChI=1S/C10H16O3/c1-12-7-3-2-5-9-6-4-8-13-10(9)11/h2-3,9H,4-8H2,1H3/b3-2-. The van der Waals surface area contributed by atoms with Crippen molar-refractivity contribution in [2.75, 3.05) is 20.3 Å². The van der Waals surface area contributed by atoms with E-state index in [1.807, 2.05) is 12.2 Å².